The molecule has 0 saturated heterocycles. The number of carbonyl (C=O) groups excluding carboxylic acids is 2. The number of amides is 1. The number of halogens is 2. The first-order valence-corrected chi connectivity index (χ1v) is 13.3. The lowest BCUT2D eigenvalue weighted by molar-refractivity contribution is -0.116. The lowest BCUT2D eigenvalue weighted by atomic mass is 9.78. The predicted octanol–water partition coefficient (Wildman–Crippen LogP) is 8.21. The first-order chi connectivity index (χ1) is 18.5. The van der Waals surface area contributed by atoms with Gasteiger partial charge in [-0.05, 0) is 72.0 Å². The zero-order chi connectivity index (χ0) is 26.2. The smallest absolute Gasteiger partial charge is 0.259 e. The third kappa shape index (κ3) is 4.51. The van der Waals surface area contributed by atoms with Gasteiger partial charge in [0.15, 0.2) is 5.78 Å². The highest BCUT2D eigenvalue weighted by atomic mass is 35.5. The number of allylic oxidation sites excluding steroid dienone is 1. The lowest BCUT2D eigenvalue weighted by Crippen LogP contribution is -2.38. The van der Waals surface area contributed by atoms with E-state index in [1.165, 1.54) is 0 Å². The highest BCUT2D eigenvalue weighted by Crippen LogP contribution is 2.48. The zero-order valence-corrected chi connectivity index (χ0v) is 21.9. The van der Waals surface area contributed by atoms with E-state index in [-0.39, 0.29) is 17.6 Å². The fourth-order valence-electron chi connectivity index (χ4n) is 5.47. The van der Waals surface area contributed by atoms with Crippen molar-refractivity contribution in [1.29, 1.82) is 0 Å². The number of fused-ring (bicyclic) bond motifs is 1. The Morgan fingerprint density at radius 3 is 2.08 bits per heavy atom. The Balaban J connectivity index is 1.56. The van der Waals surface area contributed by atoms with E-state index in [0.29, 0.717) is 39.7 Å². The van der Waals surface area contributed by atoms with E-state index >= 15 is 0 Å². The summed E-state index contributed by atoms with van der Waals surface area (Å²) >= 11 is 12.4. The maximum Gasteiger partial charge on any atom is 0.259 e. The van der Waals surface area contributed by atoms with Crippen LogP contribution in [0.5, 0.6) is 0 Å². The van der Waals surface area contributed by atoms with Crippen molar-refractivity contribution < 1.29 is 9.59 Å². The standard InChI is InChI=1S/C32H24Cl2N2O2/c33-24-14-10-21(11-15-24)31-30-27(18-23(19-29(30)37)20-6-2-1-3-7-20)35-26-8-4-5-9-28(26)36(31)32(38)22-12-16-25(34)17-13-22/h1-17,23,31,35H,18-19H2/t23-,31+/m1/s1. The van der Waals surface area contributed by atoms with Gasteiger partial charge in [0.25, 0.3) is 5.91 Å². The van der Waals surface area contributed by atoms with Crippen LogP contribution in [0.4, 0.5) is 11.4 Å². The van der Waals surface area contributed by atoms with Crippen molar-refractivity contribution in [2.24, 2.45) is 0 Å². The van der Waals surface area contributed by atoms with Crippen LogP contribution >= 0.6 is 23.2 Å². The quantitative estimate of drug-likeness (QED) is 0.286. The first-order valence-electron chi connectivity index (χ1n) is 12.5. The molecule has 0 fully saturated rings. The molecule has 0 aromatic heterocycles. The molecule has 1 amide bonds. The molecule has 4 aromatic carbocycles. The van der Waals surface area contributed by atoms with E-state index in [2.05, 4.69) is 17.4 Å². The van der Waals surface area contributed by atoms with Crippen molar-refractivity contribution >= 4 is 46.3 Å². The molecule has 0 saturated carbocycles. The number of benzene rings is 4. The Morgan fingerprint density at radius 2 is 1.37 bits per heavy atom. The van der Waals surface area contributed by atoms with Gasteiger partial charge in [-0.2, -0.15) is 0 Å². The van der Waals surface area contributed by atoms with E-state index in [0.717, 1.165) is 22.5 Å². The number of carbonyl (C=O) groups is 2. The van der Waals surface area contributed by atoms with E-state index in [1.807, 2.05) is 54.6 Å². The van der Waals surface area contributed by atoms with Crippen LogP contribution in [0.25, 0.3) is 0 Å². The number of hydrogen-bond donors (Lipinski definition) is 1. The van der Waals surface area contributed by atoms with Crippen molar-refractivity contribution in [3.05, 3.63) is 141 Å². The molecule has 6 heteroatoms. The molecule has 38 heavy (non-hydrogen) atoms. The van der Waals surface area contributed by atoms with Crippen LogP contribution in [-0.2, 0) is 4.79 Å². The largest absolute Gasteiger partial charge is 0.357 e. The van der Waals surface area contributed by atoms with Gasteiger partial charge >= 0.3 is 0 Å². The minimum atomic E-state index is -0.634. The van der Waals surface area contributed by atoms with Crippen molar-refractivity contribution in [1.82, 2.24) is 0 Å². The van der Waals surface area contributed by atoms with Crippen LogP contribution in [0.15, 0.2) is 114 Å². The molecule has 2 aliphatic rings. The second kappa shape index (κ2) is 10.1. The average molecular weight is 539 g/mol. The van der Waals surface area contributed by atoms with Crippen molar-refractivity contribution in [2.75, 3.05) is 10.2 Å². The van der Waals surface area contributed by atoms with Crippen molar-refractivity contribution in [3.8, 4) is 0 Å². The summed E-state index contributed by atoms with van der Waals surface area (Å²) in [6, 6.07) is 31.4. The topological polar surface area (TPSA) is 49.4 Å². The van der Waals surface area contributed by atoms with Gasteiger partial charge < -0.3 is 5.32 Å². The molecule has 4 nitrogen and oxygen atoms in total. The molecule has 0 bridgehead atoms. The van der Waals surface area contributed by atoms with Crippen LogP contribution < -0.4 is 10.2 Å². The highest BCUT2D eigenvalue weighted by molar-refractivity contribution is 6.31. The van der Waals surface area contributed by atoms with Gasteiger partial charge in [0.05, 0.1) is 17.4 Å². The monoisotopic (exact) mass is 538 g/mol. The number of Topliss-reactive ketones (excluding diaryl/α,β-unsaturated/α-hetero) is 1. The summed E-state index contributed by atoms with van der Waals surface area (Å²) in [4.78, 5) is 30.0. The number of ketones is 1. The minimum Gasteiger partial charge on any atom is -0.357 e. The minimum absolute atomic E-state index is 0.0225. The summed E-state index contributed by atoms with van der Waals surface area (Å²) < 4.78 is 0. The number of anilines is 2. The van der Waals surface area contributed by atoms with Crippen LogP contribution in [0.1, 0.15) is 46.3 Å². The molecular formula is C32H24Cl2N2O2. The third-order valence-electron chi connectivity index (χ3n) is 7.26. The van der Waals surface area contributed by atoms with Crippen LogP contribution in [0, 0.1) is 0 Å². The van der Waals surface area contributed by atoms with E-state index in [9.17, 15) is 9.59 Å². The zero-order valence-electron chi connectivity index (χ0n) is 20.4. The second-order valence-corrected chi connectivity index (χ2v) is 10.5. The number of hydrogen-bond acceptors (Lipinski definition) is 3. The summed E-state index contributed by atoms with van der Waals surface area (Å²) in [5.74, 6) is -0.150. The van der Waals surface area contributed by atoms with E-state index < -0.39 is 6.04 Å². The molecule has 6 rings (SSSR count). The van der Waals surface area contributed by atoms with Gasteiger partial charge in [0, 0.05) is 33.3 Å². The number of nitrogens with zero attached hydrogens (tertiary/aromatic N) is 1. The maximum atomic E-state index is 14.2. The van der Waals surface area contributed by atoms with E-state index in [4.69, 9.17) is 23.2 Å². The second-order valence-electron chi connectivity index (χ2n) is 9.61. The van der Waals surface area contributed by atoms with Crippen LogP contribution in [0.2, 0.25) is 10.0 Å². The predicted molar refractivity (Wildman–Crippen MR) is 153 cm³/mol. The van der Waals surface area contributed by atoms with Gasteiger partial charge in [-0.15, -0.1) is 0 Å². The summed E-state index contributed by atoms with van der Waals surface area (Å²) in [5.41, 5.74) is 5.36. The Morgan fingerprint density at radius 1 is 0.737 bits per heavy atom. The first kappa shape index (κ1) is 24.5. The van der Waals surface area contributed by atoms with Gasteiger partial charge in [0.1, 0.15) is 0 Å². The van der Waals surface area contributed by atoms with Gasteiger partial charge in [-0.1, -0.05) is 77.8 Å². The molecule has 0 unspecified atom stereocenters. The number of nitrogens with one attached hydrogen (secondary N) is 1. The van der Waals surface area contributed by atoms with Gasteiger partial charge in [-0.25, -0.2) is 0 Å². The number of para-hydroxylation sites is 2. The summed E-state index contributed by atoms with van der Waals surface area (Å²) in [6.07, 6.45) is 1.03. The van der Waals surface area contributed by atoms with Gasteiger partial charge in [0.2, 0.25) is 0 Å². The molecular weight excluding hydrogens is 515 g/mol. The number of rotatable bonds is 3. The molecule has 0 spiro atoms. The van der Waals surface area contributed by atoms with Crippen molar-refractivity contribution in [2.45, 2.75) is 24.8 Å². The summed E-state index contributed by atoms with van der Waals surface area (Å²) in [5, 5.41) is 4.70. The Bertz CT molecular complexity index is 1550. The molecule has 188 valence electrons. The lowest BCUT2D eigenvalue weighted by Gasteiger charge is -2.35. The molecule has 1 N–H and O–H groups in total. The van der Waals surface area contributed by atoms with Crippen LogP contribution in [0.3, 0.4) is 0 Å². The third-order valence-corrected chi connectivity index (χ3v) is 7.76. The Kier molecular flexibility index (Phi) is 6.52. The molecule has 1 aliphatic heterocycles. The SMILES string of the molecule is O=C1C[C@H](c2ccccc2)CC2=C1[C@H](c1ccc(Cl)cc1)N(C(=O)c1ccc(Cl)cc1)c1ccccc1N2. The van der Waals surface area contributed by atoms with E-state index in [1.54, 1.807) is 41.3 Å². The fourth-order valence-corrected chi connectivity index (χ4v) is 5.72. The molecule has 4 aromatic rings. The fraction of sp³-hybridized carbons (Fsp3) is 0.125. The molecule has 0 radical (unpaired) electrons. The normalized spacial score (nSPS) is 18.8. The average Bonchev–Trinajstić information content (AvgIpc) is 3.09. The maximum absolute atomic E-state index is 14.2. The Labute approximate surface area is 231 Å². The molecule has 1 aliphatic carbocycles. The molecule has 1 heterocycles. The van der Waals surface area contributed by atoms with Crippen molar-refractivity contribution in [3.63, 3.8) is 0 Å². The summed E-state index contributed by atoms with van der Waals surface area (Å²) in [6.45, 7) is 0. The summed E-state index contributed by atoms with van der Waals surface area (Å²) in [7, 11) is 0. The highest BCUT2D eigenvalue weighted by Gasteiger charge is 2.41. The van der Waals surface area contributed by atoms with Crippen LogP contribution in [-0.4, -0.2) is 11.7 Å². The Hall–Kier alpha value is -3.86. The van der Waals surface area contributed by atoms with Gasteiger partial charge in [-0.3, -0.25) is 14.5 Å². The molecule has 2 atom stereocenters.